The molecule has 0 aliphatic carbocycles. The van der Waals surface area contributed by atoms with Crippen LogP contribution in [0.25, 0.3) is 10.2 Å². The zero-order valence-corrected chi connectivity index (χ0v) is 10.7. The van der Waals surface area contributed by atoms with Gasteiger partial charge in [0.25, 0.3) is 0 Å². The molecular weight excluding hydrogens is 250 g/mol. The number of aromatic nitrogens is 2. The number of hydrogen-bond acceptors (Lipinski definition) is 5. The molecule has 0 atom stereocenters. The maximum absolute atomic E-state index is 10.3. The van der Waals surface area contributed by atoms with Gasteiger partial charge in [0.15, 0.2) is 0 Å². The van der Waals surface area contributed by atoms with Crippen molar-refractivity contribution in [2.75, 3.05) is 11.9 Å². The molecule has 0 radical (unpaired) electrons. The molecule has 2 aromatic heterocycles. The molecule has 0 fully saturated rings. The Labute approximate surface area is 109 Å². The smallest absolute Gasteiger partial charge is 0.303 e. The summed E-state index contributed by atoms with van der Waals surface area (Å²) in [4.78, 5) is 19.7. The predicted octanol–water partition coefficient (Wildman–Crippen LogP) is 2.75. The van der Waals surface area contributed by atoms with E-state index in [2.05, 4.69) is 15.3 Å². The number of unbranched alkanes of at least 4 members (excludes halogenated alkanes) is 2. The zero-order valence-electron chi connectivity index (χ0n) is 9.93. The van der Waals surface area contributed by atoms with Crippen LogP contribution < -0.4 is 5.32 Å². The number of carboxylic acids is 1. The van der Waals surface area contributed by atoms with Gasteiger partial charge < -0.3 is 10.4 Å². The molecule has 5 nitrogen and oxygen atoms in total. The van der Waals surface area contributed by atoms with E-state index < -0.39 is 5.97 Å². The van der Waals surface area contributed by atoms with Gasteiger partial charge in [-0.15, -0.1) is 11.3 Å². The monoisotopic (exact) mass is 265 g/mol. The summed E-state index contributed by atoms with van der Waals surface area (Å²) in [6.45, 7) is 0.807. The van der Waals surface area contributed by atoms with Gasteiger partial charge in [0.2, 0.25) is 0 Å². The molecule has 0 spiro atoms. The first-order valence-corrected chi connectivity index (χ1v) is 6.79. The summed E-state index contributed by atoms with van der Waals surface area (Å²) in [6.07, 6.45) is 4.41. The van der Waals surface area contributed by atoms with Gasteiger partial charge >= 0.3 is 5.97 Å². The van der Waals surface area contributed by atoms with Crippen LogP contribution in [0.5, 0.6) is 0 Å². The molecular formula is C12H15N3O2S. The highest BCUT2D eigenvalue weighted by molar-refractivity contribution is 7.16. The molecule has 0 saturated heterocycles. The Kier molecular flexibility index (Phi) is 4.46. The first-order chi connectivity index (χ1) is 8.77. The van der Waals surface area contributed by atoms with Gasteiger partial charge in [-0.1, -0.05) is 6.42 Å². The molecule has 0 aromatic carbocycles. The molecule has 0 saturated carbocycles. The number of thiophene rings is 1. The predicted molar refractivity (Wildman–Crippen MR) is 72.0 cm³/mol. The van der Waals surface area contributed by atoms with Gasteiger partial charge in [-0.05, 0) is 24.3 Å². The van der Waals surface area contributed by atoms with E-state index in [0.717, 1.165) is 41.8 Å². The third kappa shape index (κ3) is 3.40. The number of nitrogens with zero attached hydrogens (tertiary/aromatic N) is 2. The van der Waals surface area contributed by atoms with Crippen molar-refractivity contribution in [1.82, 2.24) is 9.97 Å². The minimum Gasteiger partial charge on any atom is -0.481 e. The molecule has 96 valence electrons. The fourth-order valence-electron chi connectivity index (χ4n) is 1.72. The van der Waals surface area contributed by atoms with Crippen LogP contribution in [0.4, 0.5) is 5.82 Å². The van der Waals surface area contributed by atoms with E-state index >= 15 is 0 Å². The molecule has 2 aromatic rings. The van der Waals surface area contributed by atoms with Gasteiger partial charge in [0.1, 0.15) is 17.0 Å². The number of hydrogen-bond donors (Lipinski definition) is 2. The van der Waals surface area contributed by atoms with Crippen molar-refractivity contribution in [3.8, 4) is 0 Å². The van der Waals surface area contributed by atoms with Crippen molar-refractivity contribution in [3.05, 3.63) is 17.8 Å². The topological polar surface area (TPSA) is 75.1 Å². The van der Waals surface area contributed by atoms with E-state index in [1.165, 1.54) is 0 Å². The highest BCUT2D eigenvalue weighted by Gasteiger charge is 2.03. The SMILES string of the molecule is O=C(O)CCCCCNc1ncnc2sccc12. The first kappa shape index (κ1) is 12.8. The molecule has 0 aliphatic heterocycles. The van der Waals surface area contributed by atoms with Gasteiger partial charge in [-0.2, -0.15) is 0 Å². The summed E-state index contributed by atoms with van der Waals surface area (Å²) >= 11 is 1.60. The number of carboxylic acid groups (broad SMARTS) is 1. The average Bonchev–Trinajstić information content (AvgIpc) is 2.82. The number of fused-ring (bicyclic) bond motifs is 1. The van der Waals surface area contributed by atoms with Crippen molar-refractivity contribution in [3.63, 3.8) is 0 Å². The van der Waals surface area contributed by atoms with Crippen LogP contribution in [0.1, 0.15) is 25.7 Å². The quantitative estimate of drug-likeness (QED) is 0.753. The fourth-order valence-corrected chi connectivity index (χ4v) is 2.45. The second-order valence-electron chi connectivity index (χ2n) is 3.99. The molecule has 0 bridgehead atoms. The van der Waals surface area contributed by atoms with Gasteiger partial charge in [0.05, 0.1) is 5.39 Å². The maximum atomic E-state index is 10.3. The summed E-state index contributed by atoms with van der Waals surface area (Å²) in [5.41, 5.74) is 0. The second-order valence-corrected chi connectivity index (χ2v) is 4.89. The van der Waals surface area contributed by atoms with Crippen LogP contribution in [0, 0.1) is 0 Å². The van der Waals surface area contributed by atoms with Crippen molar-refractivity contribution in [2.24, 2.45) is 0 Å². The number of nitrogens with one attached hydrogen (secondary N) is 1. The Morgan fingerprint density at radius 1 is 1.33 bits per heavy atom. The van der Waals surface area contributed by atoms with E-state index in [1.54, 1.807) is 17.7 Å². The van der Waals surface area contributed by atoms with Gasteiger partial charge in [-0.25, -0.2) is 9.97 Å². The Morgan fingerprint density at radius 2 is 2.22 bits per heavy atom. The van der Waals surface area contributed by atoms with Crippen LogP contribution in [0.2, 0.25) is 0 Å². The van der Waals surface area contributed by atoms with Crippen molar-refractivity contribution >= 4 is 33.3 Å². The van der Waals surface area contributed by atoms with Crippen molar-refractivity contribution in [1.29, 1.82) is 0 Å². The second kappa shape index (κ2) is 6.30. The third-order valence-electron chi connectivity index (χ3n) is 2.62. The summed E-state index contributed by atoms with van der Waals surface area (Å²) in [5.74, 6) is 0.137. The van der Waals surface area contributed by atoms with Crippen LogP contribution in [-0.2, 0) is 4.79 Å². The Hall–Kier alpha value is -1.69. The maximum Gasteiger partial charge on any atom is 0.303 e. The molecule has 0 aliphatic rings. The van der Waals surface area contributed by atoms with Gasteiger partial charge in [-0.3, -0.25) is 4.79 Å². The largest absolute Gasteiger partial charge is 0.481 e. The first-order valence-electron chi connectivity index (χ1n) is 5.91. The van der Waals surface area contributed by atoms with Crippen LogP contribution in [0.3, 0.4) is 0 Å². The van der Waals surface area contributed by atoms with Crippen molar-refractivity contribution < 1.29 is 9.90 Å². The summed E-state index contributed by atoms with van der Waals surface area (Å²) in [7, 11) is 0. The van der Waals surface area contributed by atoms with Crippen LogP contribution >= 0.6 is 11.3 Å². The summed E-state index contributed by atoms with van der Waals surface area (Å²) in [6, 6.07) is 2.01. The lowest BCUT2D eigenvalue weighted by molar-refractivity contribution is -0.137. The standard InChI is InChI=1S/C12H15N3O2S/c16-10(17)4-2-1-3-6-13-11-9-5-7-18-12(9)15-8-14-11/h5,7-8H,1-4,6H2,(H,16,17)(H,13,14,15). The molecule has 0 unspecified atom stereocenters. The minimum absolute atomic E-state index is 0.252. The van der Waals surface area contributed by atoms with E-state index in [0.29, 0.717) is 0 Å². The third-order valence-corrected chi connectivity index (χ3v) is 3.44. The molecule has 18 heavy (non-hydrogen) atoms. The van der Waals surface area contributed by atoms with E-state index in [1.807, 2.05) is 11.4 Å². The highest BCUT2D eigenvalue weighted by atomic mass is 32.1. The lowest BCUT2D eigenvalue weighted by Gasteiger charge is -2.05. The van der Waals surface area contributed by atoms with Crippen molar-refractivity contribution in [2.45, 2.75) is 25.7 Å². The van der Waals surface area contributed by atoms with Crippen LogP contribution in [0.15, 0.2) is 17.8 Å². The zero-order chi connectivity index (χ0) is 12.8. The van der Waals surface area contributed by atoms with E-state index in [4.69, 9.17) is 5.11 Å². The molecule has 2 heterocycles. The van der Waals surface area contributed by atoms with Gasteiger partial charge in [0, 0.05) is 13.0 Å². The molecule has 0 amide bonds. The highest BCUT2D eigenvalue weighted by Crippen LogP contribution is 2.23. The molecule has 6 heteroatoms. The minimum atomic E-state index is -0.723. The number of aliphatic carboxylic acids is 1. The summed E-state index contributed by atoms with van der Waals surface area (Å²) in [5, 5.41) is 14.8. The number of carbonyl (C=O) groups is 1. The van der Waals surface area contributed by atoms with E-state index in [-0.39, 0.29) is 6.42 Å². The Balaban J connectivity index is 1.76. The van der Waals surface area contributed by atoms with Crippen LogP contribution in [-0.4, -0.2) is 27.6 Å². The Morgan fingerprint density at radius 3 is 3.06 bits per heavy atom. The van der Waals surface area contributed by atoms with E-state index in [9.17, 15) is 4.79 Å². The lowest BCUT2D eigenvalue weighted by Crippen LogP contribution is -2.04. The Bertz CT molecular complexity index is 527. The molecule has 2 N–H and O–H groups in total. The normalized spacial score (nSPS) is 10.7. The average molecular weight is 265 g/mol. The number of anilines is 1. The fraction of sp³-hybridized carbons (Fsp3) is 0.417. The molecule has 2 rings (SSSR count). The lowest BCUT2D eigenvalue weighted by atomic mass is 10.2. The summed E-state index contributed by atoms with van der Waals surface area (Å²) < 4.78 is 0. The number of rotatable bonds is 7.